The molecule has 3 aliphatic carbocycles. The highest BCUT2D eigenvalue weighted by Gasteiger charge is 2.66. The van der Waals surface area contributed by atoms with Gasteiger partial charge in [0, 0.05) is 12.2 Å². The third-order valence-corrected chi connectivity index (χ3v) is 5.70. The van der Waals surface area contributed by atoms with E-state index in [2.05, 4.69) is 11.1 Å². The Morgan fingerprint density at radius 3 is 2.55 bits per heavy atom. The van der Waals surface area contributed by atoms with Crippen molar-refractivity contribution in [1.82, 2.24) is 4.98 Å². The van der Waals surface area contributed by atoms with Gasteiger partial charge in [0.05, 0.1) is 12.3 Å². The Balaban J connectivity index is 1.51. The van der Waals surface area contributed by atoms with Crippen LogP contribution in [0.1, 0.15) is 44.7 Å². The molecule has 5 unspecified atom stereocenters. The summed E-state index contributed by atoms with van der Waals surface area (Å²) in [6.45, 7) is 4.07. The summed E-state index contributed by atoms with van der Waals surface area (Å²) < 4.78 is 5.74. The molecule has 0 saturated heterocycles. The van der Waals surface area contributed by atoms with Gasteiger partial charge in [0.1, 0.15) is 5.75 Å². The van der Waals surface area contributed by atoms with Crippen molar-refractivity contribution in [2.24, 2.45) is 35.3 Å². The van der Waals surface area contributed by atoms with Crippen molar-refractivity contribution in [1.29, 1.82) is 0 Å². The van der Waals surface area contributed by atoms with Crippen LogP contribution in [0.2, 0.25) is 0 Å². The van der Waals surface area contributed by atoms with Gasteiger partial charge in [-0.1, -0.05) is 0 Å². The molecule has 3 aliphatic rings. The molecule has 3 fully saturated rings. The lowest BCUT2D eigenvalue weighted by Crippen LogP contribution is -2.18. The molecule has 2 bridgehead atoms. The summed E-state index contributed by atoms with van der Waals surface area (Å²) in [5.74, 6) is 5.34. The second-order valence-corrected chi connectivity index (χ2v) is 7.21. The first-order chi connectivity index (χ1) is 9.65. The Bertz CT molecular complexity index is 499. The van der Waals surface area contributed by atoms with Crippen molar-refractivity contribution in [2.75, 3.05) is 0 Å². The minimum absolute atomic E-state index is 0.150. The van der Waals surface area contributed by atoms with Crippen LogP contribution in [0.25, 0.3) is 0 Å². The molecule has 3 nitrogen and oxygen atoms in total. The molecule has 0 aliphatic heterocycles. The first-order valence-corrected chi connectivity index (χ1v) is 8.02. The van der Waals surface area contributed by atoms with Crippen LogP contribution < -0.4 is 10.5 Å². The Morgan fingerprint density at radius 2 is 1.90 bits per heavy atom. The summed E-state index contributed by atoms with van der Waals surface area (Å²) in [5, 5.41) is 0. The molecule has 1 heterocycles. The number of pyridine rings is 1. The predicted molar refractivity (Wildman–Crippen MR) is 78.2 cm³/mol. The van der Waals surface area contributed by atoms with Gasteiger partial charge in [0.25, 0.3) is 0 Å². The minimum Gasteiger partial charge on any atom is -0.489 e. The third kappa shape index (κ3) is 1.86. The minimum atomic E-state index is 0.150. The van der Waals surface area contributed by atoms with E-state index in [1.165, 1.54) is 19.3 Å². The fraction of sp³-hybridized carbons (Fsp3) is 0.706. The molecule has 5 atom stereocenters. The van der Waals surface area contributed by atoms with Gasteiger partial charge < -0.3 is 10.5 Å². The molecule has 1 aromatic heterocycles. The average Bonchev–Trinajstić information content (AvgIpc) is 2.85. The lowest BCUT2D eigenvalue weighted by atomic mass is 9.94. The number of fused-ring (bicyclic) bond motifs is 5. The fourth-order valence-corrected chi connectivity index (χ4v) is 5.05. The highest BCUT2D eigenvalue weighted by Crippen LogP contribution is 2.71. The first kappa shape index (κ1) is 12.6. The molecular weight excluding hydrogens is 248 g/mol. The molecule has 0 aromatic carbocycles. The number of hydrogen-bond donors (Lipinski definition) is 1. The Hall–Kier alpha value is -1.09. The fourth-order valence-electron chi connectivity index (χ4n) is 5.05. The maximum Gasteiger partial charge on any atom is 0.138 e. The summed E-state index contributed by atoms with van der Waals surface area (Å²) >= 11 is 0. The van der Waals surface area contributed by atoms with E-state index in [1.54, 1.807) is 6.20 Å². The monoisotopic (exact) mass is 272 g/mol. The molecule has 2 N–H and O–H groups in total. The molecule has 0 amide bonds. The molecular formula is C17H24N2O. The second-order valence-electron chi connectivity index (χ2n) is 7.21. The molecule has 0 radical (unpaired) electrons. The maximum absolute atomic E-state index is 6.55. The van der Waals surface area contributed by atoms with Crippen LogP contribution in [0.5, 0.6) is 5.75 Å². The van der Waals surface area contributed by atoms with E-state index in [1.807, 2.05) is 20.0 Å². The Kier molecular flexibility index (Phi) is 2.81. The van der Waals surface area contributed by atoms with E-state index in [-0.39, 0.29) is 12.1 Å². The van der Waals surface area contributed by atoms with Crippen molar-refractivity contribution in [3.63, 3.8) is 0 Å². The topological polar surface area (TPSA) is 48.1 Å². The summed E-state index contributed by atoms with van der Waals surface area (Å²) in [4.78, 5) is 4.31. The molecule has 108 valence electrons. The molecule has 3 saturated carbocycles. The van der Waals surface area contributed by atoms with Gasteiger partial charge in [-0.2, -0.15) is 0 Å². The lowest BCUT2D eigenvalue weighted by molar-refractivity contribution is 0.241. The Morgan fingerprint density at radius 1 is 1.20 bits per heavy atom. The van der Waals surface area contributed by atoms with Crippen molar-refractivity contribution in [2.45, 2.75) is 45.3 Å². The number of rotatable bonds is 4. The summed E-state index contributed by atoms with van der Waals surface area (Å²) in [6, 6.07) is 2.24. The van der Waals surface area contributed by atoms with Crippen LogP contribution in [-0.2, 0) is 0 Å². The highest BCUT2D eigenvalue weighted by atomic mass is 16.5. The van der Waals surface area contributed by atoms with Crippen LogP contribution in [0, 0.1) is 29.6 Å². The van der Waals surface area contributed by atoms with E-state index < -0.39 is 0 Å². The lowest BCUT2D eigenvalue weighted by Gasteiger charge is -2.17. The number of ether oxygens (including phenoxy) is 1. The van der Waals surface area contributed by atoms with Gasteiger partial charge in [-0.15, -0.1) is 0 Å². The van der Waals surface area contributed by atoms with E-state index in [0.717, 1.165) is 35.0 Å². The highest BCUT2D eigenvalue weighted by molar-refractivity contribution is 5.29. The largest absolute Gasteiger partial charge is 0.489 e. The first-order valence-electron chi connectivity index (χ1n) is 8.02. The van der Waals surface area contributed by atoms with Gasteiger partial charge in [0.15, 0.2) is 0 Å². The Labute approximate surface area is 120 Å². The normalized spacial score (nSPS) is 38.9. The van der Waals surface area contributed by atoms with Gasteiger partial charge in [-0.25, -0.2) is 0 Å². The number of nitrogens with zero attached hydrogens (tertiary/aromatic N) is 1. The van der Waals surface area contributed by atoms with Gasteiger partial charge in [0.2, 0.25) is 0 Å². The van der Waals surface area contributed by atoms with Gasteiger partial charge in [-0.05, 0) is 74.3 Å². The van der Waals surface area contributed by atoms with Crippen molar-refractivity contribution in [3.8, 4) is 5.75 Å². The van der Waals surface area contributed by atoms with Crippen LogP contribution in [0.4, 0.5) is 0 Å². The van der Waals surface area contributed by atoms with Crippen LogP contribution in [0.3, 0.4) is 0 Å². The molecule has 4 rings (SSSR count). The molecule has 3 heteroatoms. The van der Waals surface area contributed by atoms with Crippen molar-refractivity contribution < 1.29 is 4.74 Å². The summed E-state index contributed by atoms with van der Waals surface area (Å²) in [7, 11) is 0. The molecule has 1 aromatic rings. The standard InChI is InChI=1S/C17H24N2O/c1-9(2)20-13-6-12(7-19-8-13)17(18)16-14-10-3-4-11(5-10)15(14)16/h6-11,14-17H,3-5,18H2,1-2H3. The summed E-state index contributed by atoms with van der Waals surface area (Å²) in [5.41, 5.74) is 7.70. The quantitative estimate of drug-likeness (QED) is 0.916. The molecule has 0 spiro atoms. The van der Waals surface area contributed by atoms with E-state index in [9.17, 15) is 0 Å². The average molecular weight is 272 g/mol. The van der Waals surface area contributed by atoms with Gasteiger partial charge >= 0.3 is 0 Å². The predicted octanol–water partition coefficient (Wildman–Crippen LogP) is 3.16. The third-order valence-electron chi connectivity index (χ3n) is 5.70. The van der Waals surface area contributed by atoms with E-state index in [0.29, 0.717) is 5.92 Å². The smallest absolute Gasteiger partial charge is 0.138 e. The van der Waals surface area contributed by atoms with Crippen LogP contribution in [-0.4, -0.2) is 11.1 Å². The number of aromatic nitrogens is 1. The second kappa shape index (κ2) is 4.45. The van der Waals surface area contributed by atoms with Crippen molar-refractivity contribution in [3.05, 3.63) is 24.0 Å². The number of hydrogen-bond acceptors (Lipinski definition) is 3. The van der Waals surface area contributed by atoms with Gasteiger partial charge in [-0.3, -0.25) is 4.98 Å². The van der Waals surface area contributed by atoms with Crippen molar-refractivity contribution >= 4 is 0 Å². The molecule has 20 heavy (non-hydrogen) atoms. The number of nitrogens with two attached hydrogens (primary N) is 1. The zero-order valence-electron chi connectivity index (χ0n) is 12.3. The maximum atomic E-state index is 6.55. The SMILES string of the molecule is CC(C)Oc1cncc(C(N)C2C3C4CCC(C4)C32)c1. The zero-order chi connectivity index (χ0) is 13.9. The summed E-state index contributed by atoms with van der Waals surface area (Å²) in [6.07, 6.45) is 8.27. The van der Waals surface area contributed by atoms with Crippen LogP contribution in [0.15, 0.2) is 18.5 Å². The van der Waals surface area contributed by atoms with Crippen LogP contribution >= 0.6 is 0 Å². The van der Waals surface area contributed by atoms with E-state index >= 15 is 0 Å². The van der Waals surface area contributed by atoms with E-state index in [4.69, 9.17) is 10.5 Å². The zero-order valence-corrected chi connectivity index (χ0v) is 12.3.